The quantitative estimate of drug-likeness (QED) is 0.277. The van der Waals surface area contributed by atoms with Crippen LogP contribution in [0.2, 0.25) is 0 Å². The second-order valence-electron chi connectivity index (χ2n) is 7.53. The average molecular weight is 475 g/mol. The van der Waals surface area contributed by atoms with E-state index in [9.17, 15) is 13.6 Å². The van der Waals surface area contributed by atoms with Gasteiger partial charge in [-0.3, -0.25) is 0 Å². The van der Waals surface area contributed by atoms with Crippen molar-refractivity contribution in [3.05, 3.63) is 59.4 Å². The van der Waals surface area contributed by atoms with Crippen molar-refractivity contribution >= 4 is 17.7 Å². The highest BCUT2D eigenvalue weighted by Gasteiger charge is 2.26. The monoisotopic (exact) mass is 474 g/mol. The molecule has 3 aromatic rings. The summed E-state index contributed by atoms with van der Waals surface area (Å²) in [5.41, 5.74) is 0.846. The van der Waals surface area contributed by atoms with Gasteiger partial charge >= 0.3 is 5.97 Å². The van der Waals surface area contributed by atoms with E-state index in [0.29, 0.717) is 24.5 Å². The number of furan rings is 1. The first-order chi connectivity index (χ1) is 16.3. The zero-order valence-corrected chi connectivity index (χ0v) is 19.4. The molecule has 182 valence electrons. The van der Waals surface area contributed by atoms with Crippen molar-refractivity contribution in [2.24, 2.45) is 0 Å². The molecule has 0 bridgehead atoms. The summed E-state index contributed by atoms with van der Waals surface area (Å²) in [6.07, 6.45) is 2.19. The van der Waals surface area contributed by atoms with Crippen LogP contribution in [0.15, 0.2) is 47.1 Å². The molecule has 1 aromatic carbocycles. The van der Waals surface area contributed by atoms with Gasteiger partial charge in [-0.05, 0) is 37.1 Å². The van der Waals surface area contributed by atoms with Crippen molar-refractivity contribution in [1.29, 1.82) is 0 Å². The van der Waals surface area contributed by atoms with Gasteiger partial charge in [-0.1, -0.05) is 18.2 Å². The fourth-order valence-corrected chi connectivity index (χ4v) is 3.21. The van der Waals surface area contributed by atoms with Crippen LogP contribution in [-0.2, 0) is 21.9 Å². The van der Waals surface area contributed by atoms with E-state index in [1.165, 1.54) is 18.4 Å². The summed E-state index contributed by atoms with van der Waals surface area (Å²) in [5.74, 6) is -2.76. The highest BCUT2D eigenvalue weighted by molar-refractivity contribution is 6.00. The predicted octanol–water partition coefficient (Wildman–Crippen LogP) is 5.09. The molecule has 0 saturated carbocycles. The number of halogens is 2. The van der Waals surface area contributed by atoms with Crippen molar-refractivity contribution < 1.29 is 27.5 Å². The predicted molar refractivity (Wildman–Crippen MR) is 124 cm³/mol. The Balaban J connectivity index is 1.98. The summed E-state index contributed by atoms with van der Waals surface area (Å²) in [6.45, 7) is 3.94. The number of hydrogen-bond donors (Lipinski definition) is 2. The number of nitrogens with zero attached hydrogens (tertiary/aromatic N) is 2. The van der Waals surface area contributed by atoms with Crippen LogP contribution in [0.3, 0.4) is 0 Å². The highest BCUT2D eigenvalue weighted by Crippen LogP contribution is 2.31. The number of aromatic nitrogens is 2. The van der Waals surface area contributed by atoms with Gasteiger partial charge in [0.05, 0.1) is 12.9 Å². The van der Waals surface area contributed by atoms with Crippen LogP contribution in [-0.4, -0.2) is 42.8 Å². The second-order valence-corrected chi connectivity index (χ2v) is 7.53. The molecule has 0 spiro atoms. The molecule has 34 heavy (non-hydrogen) atoms. The normalized spacial score (nSPS) is 11.3. The average Bonchev–Trinajstić information content (AvgIpc) is 3.35. The van der Waals surface area contributed by atoms with Crippen LogP contribution in [0.4, 0.5) is 20.5 Å². The topological polar surface area (TPSA) is 98.5 Å². The molecule has 3 rings (SSSR count). The molecule has 0 aliphatic rings. The van der Waals surface area contributed by atoms with Crippen molar-refractivity contribution in [2.45, 2.75) is 32.7 Å². The third-order valence-electron chi connectivity index (χ3n) is 4.85. The largest absolute Gasteiger partial charge is 0.463 e. The maximum absolute atomic E-state index is 13.8. The molecule has 0 fully saturated rings. The summed E-state index contributed by atoms with van der Waals surface area (Å²) in [5, 5.41) is 6.20. The molecule has 0 aliphatic carbocycles. The molecule has 0 unspecified atom stereocenters. The number of nitrogens with one attached hydrogen (secondary N) is 2. The zero-order valence-electron chi connectivity index (χ0n) is 19.4. The minimum Gasteiger partial charge on any atom is -0.463 e. The van der Waals surface area contributed by atoms with E-state index < -0.39 is 11.9 Å². The minimum atomic E-state index is -2.97. The zero-order chi connectivity index (χ0) is 24.6. The molecule has 2 N–H and O–H groups in total. The highest BCUT2D eigenvalue weighted by atomic mass is 19.3. The van der Waals surface area contributed by atoms with Crippen LogP contribution in [0.5, 0.6) is 0 Å². The first-order valence-corrected chi connectivity index (χ1v) is 10.9. The van der Waals surface area contributed by atoms with Gasteiger partial charge in [-0.15, -0.1) is 0 Å². The molecular weight excluding hydrogens is 446 g/mol. The summed E-state index contributed by atoms with van der Waals surface area (Å²) < 4.78 is 43.3. The van der Waals surface area contributed by atoms with Crippen LogP contribution >= 0.6 is 0 Å². The molecule has 0 saturated heterocycles. The molecule has 8 nitrogen and oxygen atoms in total. The minimum absolute atomic E-state index is 0.0937. The number of carbonyl (C=O) groups is 1. The number of carbonyl (C=O) groups excluding carboxylic acids is 1. The SMILES string of the molecule is CCOC(=O)c1c(NCc2cccc(C(C)(F)F)c2)nc(NCCCOC)nc1-c1ccco1. The number of ether oxygens (including phenoxy) is 2. The molecule has 2 heterocycles. The van der Waals surface area contributed by atoms with E-state index in [1.54, 1.807) is 38.3 Å². The van der Waals surface area contributed by atoms with Crippen molar-refractivity contribution in [2.75, 3.05) is 37.5 Å². The van der Waals surface area contributed by atoms with E-state index in [1.807, 2.05) is 0 Å². The Bertz CT molecular complexity index is 1090. The Hall–Kier alpha value is -3.53. The number of rotatable bonds is 12. The van der Waals surface area contributed by atoms with Gasteiger partial charge in [0.2, 0.25) is 5.95 Å². The second kappa shape index (κ2) is 11.6. The fourth-order valence-electron chi connectivity index (χ4n) is 3.21. The van der Waals surface area contributed by atoms with Crippen LogP contribution in [0, 0.1) is 0 Å². The van der Waals surface area contributed by atoms with E-state index >= 15 is 0 Å². The summed E-state index contributed by atoms with van der Waals surface area (Å²) in [4.78, 5) is 21.8. The van der Waals surface area contributed by atoms with Gasteiger partial charge in [-0.25, -0.2) is 18.6 Å². The van der Waals surface area contributed by atoms with Crippen LogP contribution < -0.4 is 10.6 Å². The van der Waals surface area contributed by atoms with Gasteiger partial charge in [0.15, 0.2) is 5.76 Å². The number of methoxy groups -OCH3 is 1. The van der Waals surface area contributed by atoms with Gasteiger partial charge in [0.25, 0.3) is 5.92 Å². The standard InChI is InChI=1S/C24H28F2N4O4/c1-4-33-22(31)19-20(18-10-6-13-34-18)29-23(27-11-7-12-32-3)30-21(19)28-15-16-8-5-9-17(14-16)24(2,25)26/h5-6,8-10,13-14H,4,7,11-12,15H2,1-3H3,(H2,27,28,29,30). The third-order valence-corrected chi connectivity index (χ3v) is 4.85. The lowest BCUT2D eigenvalue weighted by atomic mass is 10.1. The van der Waals surface area contributed by atoms with Gasteiger partial charge < -0.3 is 24.5 Å². The summed E-state index contributed by atoms with van der Waals surface area (Å²) in [6, 6.07) is 9.42. The molecule has 0 atom stereocenters. The lowest BCUT2D eigenvalue weighted by molar-refractivity contribution is 0.0174. The van der Waals surface area contributed by atoms with E-state index in [2.05, 4.69) is 20.6 Å². The van der Waals surface area contributed by atoms with Gasteiger partial charge in [0, 0.05) is 39.3 Å². The third kappa shape index (κ3) is 6.50. The van der Waals surface area contributed by atoms with E-state index in [0.717, 1.165) is 13.3 Å². The Kier molecular flexibility index (Phi) is 8.53. The Morgan fingerprint density at radius 3 is 2.68 bits per heavy atom. The van der Waals surface area contributed by atoms with Crippen molar-refractivity contribution in [1.82, 2.24) is 9.97 Å². The smallest absolute Gasteiger partial charge is 0.344 e. The molecule has 0 radical (unpaired) electrons. The van der Waals surface area contributed by atoms with E-state index in [4.69, 9.17) is 13.9 Å². The van der Waals surface area contributed by atoms with E-state index in [-0.39, 0.29) is 41.7 Å². The lowest BCUT2D eigenvalue weighted by Gasteiger charge is -2.16. The molecule has 10 heteroatoms. The summed E-state index contributed by atoms with van der Waals surface area (Å²) in [7, 11) is 1.62. The van der Waals surface area contributed by atoms with Gasteiger partial charge in [-0.2, -0.15) is 4.98 Å². The maximum Gasteiger partial charge on any atom is 0.344 e. The maximum atomic E-state index is 13.8. The number of alkyl halides is 2. The Morgan fingerprint density at radius 1 is 1.18 bits per heavy atom. The molecular formula is C24H28F2N4O4. The molecule has 2 aromatic heterocycles. The first-order valence-electron chi connectivity index (χ1n) is 10.9. The fraction of sp³-hybridized carbons (Fsp3) is 0.375. The van der Waals surface area contributed by atoms with Crippen molar-refractivity contribution in [3.8, 4) is 11.5 Å². The van der Waals surface area contributed by atoms with Gasteiger partial charge in [0.1, 0.15) is 17.1 Å². The molecule has 0 amide bonds. The Labute approximate surface area is 196 Å². The molecule has 0 aliphatic heterocycles. The number of hydrogen-bond acceptors (Lipinski definition) is 8. The van der Waals surface area contributed by atoms with Crippen LogP contribution in [0.25, 0.3) is 11.5 Å². The Morgan fingerprint density at radius 2 is 2.00 bits per heavy atom. The number of benzene rings is 1. The van der Waals surface area contributed by atoms with Crippen LogP contribution in [0.1, 0.15) is 41.8 Å². The number of esters is 1. The van der Waals surface area contributed by atoms with Crippen molar-refractivity contribution in [3.63, 3.8) is 0 Å². The lowest BCUT2D eigenvalue weighted by Crippen LogP contribution is -2.17. The first kappa shape index (κ1) is 25.1. The number of anilines is 2. The summed E-state index contributed by atoms with van der Waals surface area (Å²) >= 11 is 0.